The van der Waals surface area contributed by atoms with Gasteiger partial charge < -0.3 is 5.32 Å². The van der Waals surface area contributed by atoms with E-state index in [-0.39, 0.29) is 0 Å². The molecule has 0 saturated heterocycles. The van der Waals surface area contributed by atoms with Gasteiger partial charge in [0.1, 0.15) is 0 Å². The van der Waals surface area contributed by atoms with Crippen molar-refractivity contribution >= 4 is 11.5 Å². The lowest BCUT2D eigenvalue weighted by Crippen LogP contribution is -2.21. The summed E-state index contributed by atoms with van der Waals surface area (Å²) in [5.41, 5.74) is 1.18. The molecule has 1 rings (SSSR count). The Kier molecular flexibility index (Phi) is 7.44. The summed E-state index contributed by atoms with van der Waals surface area (Å²) in [6, 6.07) is 0.448. The van der Waals surface area contributed by atoms with Gasteiger partial charge in [0, 0.05) is 6.04 Å². The SMILES string of the molecule is CCCCCCC(NCC)c1snnc1C(C)C. The van der Waals surface area contributed by atoms with Crippen molar-refractivity contribution in [1.29, 1.82) is 0 Å². The van der Waals surface area contributed by atoms with Crippen LogP contribution in [0, 0.1) is 0 Å². The van der Waals surface area contributed by atoms with Gasteiger partial charge in [0.2, 0.25) is 0 Å². The first-order chi connectivity index (χ1) is 8.70. The Morgan fingerprint density at radius 1 is 1.17 bits per heavy atom. The van der Waals surface area contributed by atoms with Crippen LogP contribution >= 0.6 is 11.5 Å². The smallest absolute Gasteiger partial charge is 0.0829 e. The van der Waals surface area contributed by atoms with Crippen molar-refractivity contribution in [3.05, 3.63) is 10.6 Å². The van der Waals surface area contributed by atoms with Crippen LogP contribution in [0.25, 0.3) is 0 Å². The molecular formula is C14H27N3S. The van der Waals surface area contributed by atoms with Gasteiger partial charge in [-0.1, -0.05) is 57.9 Å². The van der Waals surface area contributed by atoms with E-state index in [0.29, 0.717) is 12.0 Å². The molecule has 1 heterocycles. The van der Waals surface area contributed by atoms with Crippen LogP contribution in [0.4, 0.5) is 0 Å². The molecule has 0 radical (unpaired) electrons. The Bertz CT molecular complexity index is 323. The summed E-state index contributed by atoms with van der Waals surface area (Å²) < 4.78 is 4.14. The van der Waals surface area contributed by atoms with E-state index in [0.717, 1.165) is 6.54 Å². The molecule has 0 aliphatic carbocycles. The van der Waals surface area contributed by atoms with E-state index in [2.05, 4.69) is 42.6 Å². The average molecular weight is 269 g/mol. The largest absolute Gasteiger partial charge is 0.309 e. The molecule has 1 N–H and O–H groups in total. The van der Waals surface area contributed by atoms with Crippen LogP contribution in [-0.2, 0) is 0 Å². The highest BCUT2D eigenvalue weighted by molar-refractivity contribution is 7.05. The van der Waals surface area contributed by atoms with Crippen molar-refractivity contribution in [3.63, 3.8) is 0 Å². The highest BCUT2D eigenvalue weighted by Crippen LogP contribution is 2.29. The molecule has 1 unspecified atom stereocenters. The van der Waals surface area contributed by atoms with E-state index in [4.69, 9.17) is 0 Å². The van der Waals surface area contributed by atoms with Crippen molar-refractivity contribution < 1.29 is 0 Å². The van der Waals surface area contributed by atoms with Crippen molar-refractivity contribution in [2.75, 3.05) is 6.54 Å². The van der Waals surface area contributed by atoms with Gasteiger partial charge in [-0.05, 0) is 30.4 Å². The molecule has 0 bridgehead atoms. The molecule has 0 spiro atoms. The van der Waals surface area contributed by atoms with Crippen LogP contribution in [0.3, 0.4) is 0 Å². The molecule has 0 saturated carbocycles. The number of nitrogens with zero attached hydrogens (tertiary/aromatic N) is 2. The van der Waals surface area contributed by atoms with Crippen LogP contribution in [0.1, 0.15) is 82.3 Å². The van der Waals surface area contributed by atoms with Crippen LogP contribution in [0.5, 0.6) is 0 Å². The number of unbranched alkanes of at least 4 members (excludes halogenated alkanes) is 3. The van der Waals surface area contributed by atoms with E-state index in [1.807, 2.05) is 0 Å². The van der Waals surface area contributed by atoms with Gasteiger partial charge in [-0.3, -0.25) is 0 Å². The summed E-state index contributed by atoms with van der Waals surface area (Å²) in [5.74, 6) is 0.468. The Morgan fingerprint density at radius 2 is 1.94 bits per heavy atom. The minimum absolute atomic E-state index is 0.448. The van der Waals surface area contributed by atoms with E-state index in [1.54, 1.807) is 11.5 Å². The minimum atomic E-state index is 0.448. The summed E-state index contributed by atoms with van der Waals surface area (Å²) >= 11 is 1.57. The van der Waals surface area contributed by atoms with Crippen molar-refractivity contribution in [1.82, 2.24) is 14.9 Å². The lowest BCUT2D eigenvalue weighted by molar-refractivity contribution is 0.482. The van der Waals surface area contributed by atoms with Crippen LogP contribution in [-0.4, -0.2) is 16.1 Å². The van der Waals surface area contributed by atoms with E-state index >= 15 is 0 Å². The zero-order chi connectivity index (χ0) is 13.4. The second-order valence-corrected chi connectivity index (χ2v) is 5.92. The van der Waals surface area contributed by atoms with Gasteiger partial charge in [0.05, 0.1) is 10.6 Å². The lowest BCUT2D eigenvalue weighted by atomic mass is 10.0. The molecule has 3 nitrogen and oxygen atoms in total. The second-order valence-electron chi connectivity index (χ2n) is 5.14. The van der Waals surface area contributed by atoms with E-state index in [1.165, 1.54) is 42.7 Å². The Labute approximate surface area is 116 Å². The van der Waals surface area contributed by atoms with Crippen molar-refractivity contribution in [2.45, 2.75) is 71.8 Å². The first-order valence-corrected chi connectivity index (χ1v) is 8.03. The number of hydrogen-bond acceptors (Lipinski definition) is 4. The zero-order valence-corrected chi connectivity index (χ0v) is 13.0. The predicted molar refractivity (Wildman–Crippen MR) is 79.2 cm³/mol. The van der Waals surface area contributed by atoms with Gasteiger partial charge in [-0.15, -0.1) is 5.10 Å². The molecule has 18 heavy (non-hydrogen) atoms. The Hall–Kier alpha value is -0.480. The van der Waals surface area contributed by atoms with Crippen LogP contribution < -0.4 is 5.32 Å². The first kappa shape index (κ1) is 15.6. The minimum Gasteiger partial charge on any atom is -0.309 e. The molecule has 4 heteroatoms. The van der Waals surface area contributed by atoms with Gasteiger partial charge in [0.15, 0.2) is 0 Å². The molecule has 1 atom stereocenters. The Balaban J connectivity index is 2.62. The molecular weight excluding hydrogens is 242 g/mol. The Morgan fingerprint density at radius 3 is 2.56 bits per heavy atom. The highest BCUT2D eigenvalue weighted by Gasteiger charge is 2.19. The van der Waals surface area contributed by atoms with Gasteiger partial charge >= 0.3 is 0 Å². The molecule has 0 aliphatic heterocycles. The first-order valence-electron chi connectivity index (χ1n) is 7.26. The standard InChI is InChI=1S/C14H27N3S/c1-5-7-8-9-10-12(15-6-2)14-13(11(3)4)16-17-18-14/h11-12,15H,5-10H2,1-4H3. The number of aromatic nitrogens is 2. The maximum absolute atomic E-state index is 4.29. The highest BCUT2D eigenvalue weighted by atomic mass is 32.1. The van der Waals surface area contributed by atoms with E-state index in [9.17, 15) is 0 Å². The second kappa shape index (κ2) is 8.59. The fourth-order valence-corrected chi connectivity index (χ4v) is 3.11. The van der Waals surface area contributed by atoms with Crippen molar-refractivity contribution in [2.24, 2.45) is 0 Å². The fraction of sp³-hybridized carbons (Fsp3) is 0.857. The molecule has 0 amide bonds. The van der Waals surface area contributed by atoms with Gasteiger partial charge in [0.25, 0.3) is 0 Å². The molecule has 0 fully saturated rings. The zero-order valence-electron chi connectivity index (χ0n) is 12.2. The maximum atomic E-state index is 4.29. The number of nitrogens with one attached hydrogen (secondary N) is 1. The number of rotatable bonds is 9. The predicted octanol–water partition coefficient (Wildman–Crippen LogP) is 4.28. The third kappa shape index (κ3) is 4.65. The molecule has 0 aliphatic rings. The summed E-state index contributed by atoms with van der Waals surface area (Å²) in [5, 5.41) is 7.88. The van der Waals surface area contributed by atoms with Gasteiger partial charge in [-0.2, -0.15) is 0 Å². The van der Waals surface area contributed by atoms with Crippen LogP contribution in [0.15, 0.2) is 0 Å². The molecule has 1 aromatic heterocycles. The summed E-state index contributed by atoms with van der Waals surface area (Å²) in [6.07, 6.45) is 6.47. The average Bonchev–Trinajstić information content (AvgIpc) is 2.82. The lowest BCUT2D eigenvalue weighted by Gasteiger charge is -2.18. The molecule has 0 aromatic carbocycles. The molecule has 104 valence electrons. The quantitative estimate of drug-likeness (QED) is 0.680. The van der Waals surface area contributed by atoms with Crippen molar-refractivity contribution in [3.8, 4) is 0 Å². The topological polar surface area (TPSA) is 37.8 Å². The summed E-state index contributed by atoms with van der Waals surface area (Å²) in [6.45, 7) is 9.82. The van der Waals surface area contributed by atoms with Crippen LogP contribution in [0.2, 0.25) is 0 Å². The molecule has 1 aromatic rings. The third-order valence-corrected chi connectivity index (χ3v) is 4.05. The van der Waals surface area contributed by atoms with E-state index < -0.39 is 0 Å². The normalized spacial score (nSPS) is 13.2. The number of hydrogen-bond donors (Lipinski definition) is 1. The monoisotopic (exact) mass is 269 g/mol. The van der Waals surface area contributed by atoms with Gasteiger partial charge in [-0.25, -0.2) is 0 Å². The summed E-state index contributed by atoms with van der Waals surface area (Å²) in [7, 11) is 0. The maximum Gasteiger partial charge on any atom is 0.0829 e. The fourth-order valence-electron chi connectivity index (χ4n) is 2.19. The third-order valence-electron chi connectivity index (χ3n) is 3.20. The summed E-state index contributed by atoms with van der Waals surface area (Å²) in [4.78, 5) is 1.35.